The number of nitrogens with zero attached hydrogens (tertiary/aromatic N) is 7. The van der Waals surface area contributed by atoms with Crippen LogP contribution in [0, 0.1) is 23.2 Å². The molecule has 50 heavy (non-hydrogen) atoms. The molecule has 0 radical (unpaired) electrons. The number of rotatable bonds is 9. The number of aryl methyl sites for hydroxylation is 2. The van der Waals surface area contributed by atoms with Gasteiger partial charge in [0.25, 0.3) is 11.8 Å². The Kier molecular flexibility index (Phi) is 9.20. The van der Waals surface area contributed by atoms with Crippen molar-refractivity contribution >= 4 is 17.7 Å². The molecule has 1 aromatic heterocycles. The Bertz CT molecular complexity index is 1740. The lowest BCUT2D eigenvalue weighted by Crippen LogP contribution is -2.50. The topological polar surface area (TPSA) is 151 Å². The van der Waals surface area contributed by atoms with E-state index in [1.54, 1.807) is 38.0 Å². The maximum atomic E-state index is 13.8. The lowest BCUT2D eigenvalue weighted by atomic mass is 9.65. The number of hydrogen-bond acceptors (Lipinski definition) is 8. The molecule has 12 nitrogen and oxygen atoms in total. The molecule has 2 heterocycles. The fourth-order valence-electron chi connectivity index (χ4n) is 9.04. The molecule has 0 unspecified atom stereocenters. The quantitative estimate of drug-likeness (QED) is 0.350. The maximum absolute atomic E-state index is 13.8. The average molecular weight is 678 g/mol. The van der Waals surface area contributed by atoms with Crippen molar-refractivity contribution in [2.75, 3.05) is 34.7 Å². The summed E-state index contributed by atoms with van der Waals surface area (Å²) in [5.74, 6) is 1.10. The number of fused-ring (bicyclic) bond motifs is 3. The van der Waals surface area contributed by atoms with E-state index in [0.717, 1.165) is 60.8 Å². The molecule has 3 aliphatic carbocycles. The molecule has 3 amide bonds. The normalized spacial score (nSPS) is 22.7. The van der Waals surface area contributed by atoms with Crippen LogP contribution in [0.4, 0.5) is 0 Å². The standard InChI is InChI=1S/C38H47N9O3/c1-45(2)35(49)26-12-14-30-24(16-26)10-11-25-17-27(36(50)46(3)4)13-15-31(25)38(30,37-41-43-44-42-37)20-32(23-8-6-5-7-9-23)40-22-34(48)47-29(21-39)18-28-19-33(28)47/h12-17,23,28-29,32-33,40H,5-11,18-20,22H2,1-4H3,(H,41,42,43,44)/t28-,29+,32+,33+/m1/s1. The molecule has 2 saturated carbocycles. The third-order valence-electron chi connectivity index (χ3n) is 11.6. The van der Waals surface area contributed by atoms with Crippen molar-refractivity contribution in [3.8, 4) is 6.07 Å². The second kappa shape index (κ2) is 13.6. The van der Waals surface area contributed by atoms with E-state index in [0.29, 0.717) is 48.0 Å². The lowest BCUT2D eigenvalue weighted by molar-refractivity contribution is -0.131. The number of tetrazole rings is 1. The summed E-state index contributed by atoms with van der Waals surface area (Å²) < 4.78 is 0. The number of piperidine rings is 1. The number of nitrogens with one attached hydrogen (secondary N) is 2. The number of H-pyrrole nitrogens is 1. The molecule has 2 N–H and O–H groups in total. The fourth-order valence-corrected chi connectivity index (χ4v) is 9.04. The van der Waals surface area contributed by atoms with Crippen molar-refractivity contribution in [1.29, 1.82) is 5.26 Å². The van der Waals surface area contributed by atoms with Crippen molar-refractivity contribution < 1.29 is 14.4 Å². The predicted octanol–water partition coefficient (Wildman–Crippen LogP) is 3.48. The van der Waals surface area contributed by atoms with Crippen molar-refractivity contribution in [3.63, 3.8) is 0 Å². The van der Waals surface area contributed by atoms with Crippen LogP contribution < -0.4 is 5.32 Å². The van der Waals surface area contributed by atoms with Crippen LogP contribution in [-0.4, -0.2) is 106 Å². The molecule has 3 aromatic rings. The Balaban J connectivity index is 1.36. The van der Waals surface area contributed by atoms with Crippen LogP contribution in [0.1, 0.15) is 100 Å². The Morgan fingerprint density at radius 2 is 1.58 bits per heavy atom. The minimum Gasteiger partial charge on any atom is -0.345 e. The van der Waals surface area contributed by atoms with Gasteiger partial charge in [0.1, 0.15) is 6.04 Å². The first kappa shape index (κ1) is 33.8. The number of nitriles is 1. The molecule has 4 aliphatic rings. The van der Waals surface area contributed by atoms with E-state index in [-0.39, 0.29) is 42.4 Å². The zero-order valence-corrected chi connectivity index (χ0v) is 29.5. The summed E-state index contributed by atoms with van der Waals surface area (Å²) >= 11 is 0. The van der Waals surface area contributed by atoms with Gasteiger partial charge in [-0.3, -0.25) is 14.4 Å². The molecule has 3 fully saturated rings. The Hall–Kier alpha value is -4.63. The van der Waals surface area contributed by atoms with E-state index < -0.39 is 5.41 Å². The van der Waals surface area contributed by atoms with E-state index in [9.17, 15) is 19.6 Å². The van der Waals surface area contributed by atoms with Crippen LogP contribution in [0.5, 0.6) is 0 Å². The number of carbonyl (C=O) groups is 3. The highest BCUT2D eigenvalue weighted by Crippen LogP contribution is 2.49. The highest BCUT2D eigenvalue weighted by atomic mass is 16.2. The number of aromatic nitrogens is 4. The number of likely N-dealkylation sites (tertiary alicyclic amines) is 1. The van der Waals surface area contributed by atoms with Crippen molar-refractivity contribution in [3.05, 3.63) is 75.6 Å². The van der Waals surface area contributed by atoms with Gasteiger partial charge < -0.3 is 20.0 Å². The first-order valence-electron chi connectivity index (χ1n) is 18.0. The molecule has 262 valence electrons. The van der Waals surface area contributed by atoms with Crippen molar-refractivity contribution in [2.24, 2.45) is 11.8 Å². The van der Waals surface area contributed by atoms with Crippen LogP contribution in [0.15, 0.2) is 36.4 Å². The van der Waals surface area contributed by atoms with Crippen LogP contribution in [-0.2, 0) is 23.1 Å². The van der Waals surface area contributed by atoms with Crippen LogP contribution >= 0.6 is 0 Å². The first-order valence-corrected chi connectivity index (χ1v) is 18.0. The van der Waals surface area contributed by atoms with E-state index in [2.05, 4.69) is 44.1 Å². The molecule has 0 spiro atoms. The van der Waals surface area contributed by atoms with Gasteiger partial charge in [-0.2, -0.15) is 10.5 Å². The second-order valence-electron chi connectivity index (χ2n) is 15.1. The Morgan fingerprint density at radius 3 is 2.12 bits per heavy atom. The SMILES string of the molecule is CN(C)C(=O)c1ccc2c(c1)CCc1cc(C(=O)N(C)C)ccc1C2(C[C@H](NCC(=O)N1[C@H](C#N)C[C@@H]2C[C@@H]21)C1CCCCC1)c1nn[nH]n1. The predicted molar refractivity (Wildman–Crippen MR) is 186 cm³/mol. The molecule has 1 saturated heterocycles. The second-order valence-corrected chi connectivity index (χ2v) is 15.1. The van der Waals surface area contributed by atoms with Gasteiger partial charge in [0, 0.05) is 51.4 Å². The number of benzene rings is 2. The van der Waals surface area contributed by atoms with E-state index >= 15 is 0 Å². The molecular formula is C38H47N9O3. The number of aromatic amines is 1. The minimum absolute atomic E-state index is 0.0173. The van der Waals surface area contributed by atoms with Crippen molar-refractivity contribution in [2.45, 2.75) is 87.7 Å². The summed E-state index contributed by atoms with van der Waals surface area (Å²) in [6.45, 7) is 0.150. The highest BCUT2D eigenvalue weighted by Gasteiger charge is 2.54. The van der Waals surface area contributed by atoms with Gasteiger partial charge >= 0.3 is 0 Å². The average Bonchev–Trinajstić information content (AvgIpc) is 3.51. The third-order valence-corrected chi connectivity index (χ3v) is 11.6. The Labute approximate surface area is 293 Å². The highest BCUT2D eigenvalue weighted by molar-refractivity contribution is 5.95. The van der Waals surface area contributed by atoms with Crippen molar-refractivity contribution in [1.82, 2.24) is 40.6 Å². The summed E-state index contributed by atoms with van der Waals surface area (Å²) in [7, 11) is 7.01. The number of carbonyl (C=O) groups excluding carboxylic acids is 3. The molecule has 7 rings (SSSR count). The smallest absolute Gasteiger partial charge is 0.253 e. The van der Waals surface area contributed by atoms with E-state index in [1.807, 2.05) is 29.2 Å². The monoisotopic (exact) mass is 677 g/mol. The molecule has 12 heteroatoms. The Morgan fingerprint density at radius 1 is 0.960 bits per heavy atom. The van der Waals surface area contributed by atoms with Gasteiger partial charge in [0.05, 0.1) is 18.0 Å². The van der Waals surface area contributed by atoms with Gasteiger partial charge in [0.2, 0.25) is 5.91 Å². The van der Waals surface area contributed by atoms with Gasteiger partial charge in [-0.15, -0.1) is 10.2 Å². The van der Waals surface area contributed by atoms with E-state index in [1.165, 1.54) is 6.42 Å². The number of hydrogen-bond donors (Lipinski definition) is 2. The molecule has 4 atom stereocenters. The van der Waals surface area contributed by atoms with Gasteiger partial charge in [-0.25, -0.2) is 0 Å². The largest absolute Gasteiger partial charge is 0.345 e. The fraction of sp³-hybridized carbons (Fsp3) is 0.553. The maximum Gasteiger partial charge on any atom is 0.253 e. The van der Waals surface area contributed by atoms with Crippen LogP contribution in [0.25, 0.3) is 0 Å². The van der Waals surface area contributed by atoms with Crippen LogP contribution in [0.2, 0.25) is 0 Å². The third kappa shape index (κ3) is 6.06. The summed E-state index contributed by atoms with van der Waals surface area (Å²) in [6, 6.07) is 14.0. The number of amides is 3. The summed E-state index contributed by atoms with van der Waals surface area (Å²) in [5.41, 5.74) is 4.34. The van der Waals surface area contributed by atoms with Gasteiger partial charge in [-0.05, 0) is 103 Å². The van der Waals surface area contributed by atoms with Gasteiger partial charge in [-0.1, -0.05) is 36.6 Å². The van der Waals surface area contributed by atoms with Crippen LogP contribution in [0.3, 0.4) is 0 Å². The zero-order chi connectivity index (χ0) is 35.2. The first-order chi connectivity index (χ1) is 24.1. The zero-order valence-electron chi connectivity index (χ0n) is 29.5. The molecule has 0 bridgehead atoms. The molecular weight excluding hydrogens is 630 g/mol. The summed E-state index contributed by atoms with van der Waals surface area (Å²) in [5, 5.41) is 29.7. The molecule has 1 aliphatic heterocycles. The van der Waals surface area contributed by atoms with E-state index in [4.69, 9.17) is 0 Å². The summed E-state index contributed by atoms with van der Waals surface area (Å²) in [4.78, 5) is 45.2. The molecule has 2 aromatic carbocycles. The lowest BCUT2D eigenvalue weighted by Gasteiger charge is -2.41. The minimum atomic E-state index is -0.907. The van der Waals surface area contributed by atoms with Gasteiger partial charge in [0.15, 0.2) is 5.82 Å². The summed E-state index contributed by atoms with van der Waals surface area (Å²) in [6.07, 6.45) is 9.12.